The minimum atomic E-state index is -0.440. The topological polar surface area (TPSA) is 57.2 Å². The fourth-order valence-corrected chi connectivity index (χ4v) is 1.77. The third-order valence-corrected chi connectivity index (χ3v) is 2.46. The Balaban J connectivity index is 2.88. The van der Waals surface area contributed by atoms with Crippen LogP contribution in [0.3, 0.4) is 0 Å². The summed E-state index contributed by atoms with van der Waals surface area (Å²) in [6.07, 6.45) is 1.72. The molecule has 2 aromatic rings. The number of amides is 1. The van der Waals surface area contributed by atoms with E-state index in [1.807, 2.05) is 29.8 Å². The summed E-state index contributed by atoms with van der Waals surface area (Å²) in [5, 5.41) is 0.773. The van der Waals surface area contributed by atoms with E-state index in [0.29, 0.717) is 11.3 Å². The maximum atomic E-state index is 11.2. The molecule has 0 aliphatic carbocycles. The molecule has 0 bridgehead atoms. The monoisotopic (exact) mass is 204 g/mol. The van der Waals surface area contributed by atoms with E-state index in [1.165, 1.54) is 0 Å². The number of rotatable bonds is 2. The molecule has 1 heterocycles. The Morgan fingerprint density at radius 1 is 1.47 bits per heavy atom. The molecule has 0 saturated heterocycles. The Morgan fingerprint density at radius 2 is 2.20 bits per heavy atom. The molecule has 2 N–H and O–H groups in total. The van der Waals surface area contributed by atoms with Gasteiger partial charge in [-0.25, -0.2) is 0 Å². The minimum Gasteiger partial charge on any atom is -0.496 e. The van der Waals surface area contributed by atoms with Crippen LogP contribution < -0.4 is 10.5 Å². The molecular formula is C11H12N2O2. The molecule has 1 amide bonds. The van der Waals surface area contributed by atoms with Gasteiger partial charge in [0.25, 0.3) is 5.91 Å². The molecule has 2 rings (SSSR count). The van der Waals surface area contributed by atoms with Crippen LogP contribution in [0, 0.1) is 0 Å². The second-order valence-corrected chi connectivity index (χ2v) is 3.37. The van der Waals surface area contributed by atoms with Gasteiger partial charge in [0.05, 0.1) is 23.6 Å². The fourth-order valence-electron chi connectivity index (χ4n) is 1.77. The first kappa shape index (κ1) is 9.58. The van der Waals surface area contributed by atoms with Crippen LogP contribution in [0.2, 0.25) is 0 Å². The van der Waals surface area contributed by atoms with Gasteiger partial charge in [0.1, 0.15) is 5.75 Å². The highest BCUT2D eigenvalue weighted by atomic mass is 16.5. The lowest BCUT2D eigenvalue weighted by Gasteiger charge is -2.03. The third-order valence-electron chi connectivity index (χ3n) is 2.46. The van der Waals surface area contributed by atoms with Gasteiger partial charge in [-0.15, -0.1) is 0 Å². The Labute approximate surface area is 87.2 Å². The average molecular weight is 204 g/mol. The van der Waals surface area contributed by atoms with Crippen molar-refractivity contribution in [3.05, 3.63) is 30.0 Å². The number of primary amides is 1. The number of nitrogens with zero attached hydrogens (tertiary/aromatic N) is 1. The van der Waals surface area contributed by atoms with Gasteiger partial charge in [-0.2, -0.15) is 0 Å². The van der Waals surface area contributed by atoms with Crippen molar-refractivity contribution in [2.24, 2.45) is 12.8 Å². The molecule has 0 fully saturated rings. The van der Waals surface area contributed by atoms with Crippen LogP contribution in [0.5, 0.6) is 5.75 Å². The second-order valence-electron chi connectivity index (χ2n) is 3.37. The molecule has 0 aliphatic heterocycles. The normalized spacial score (nSPS) is 10.5. The number of ether oxygens (including phenoxy) is 1. The summed E-state index contributed by atoms with van der Waals surface area (Å²) in [5.41, 5.74) is 6.73. The number of methoxy groups -OCH3 is 1. The van der Waals surface area contributed by atoms with E-state index in [-0.39, 0.29) is 0 Å². The molecule has 1 aromatic heterocycles. The number of nitrogens with two attached hydrogens (primary N) is 1. The molecule has 0 atom stereocenters. The van der Waals surface area contributed by atoms with Crippen LogP contribution in [-0.4, -0.2) is 17.6 Å². The summed E-state index contributed by atoms with van der Waals surface area (Å²) >= 11 is 0. The summed E-state index contributed by atoms with van der Waals surface area (Å²) in [6, 6.07) is 5.62. The van der Waals surface area contributed by atoms with Crippen molar-refractivity contribution in [3.63, 3.8) is 0 Å². The van der Waals surface area contributed by atoms with E-state index in [1.54, 1.807) is 13.3 Å². The van der Waals surface area contributed by atoms with Crippen LogP contribution in [0.15, 0.2) is 24.4 Å². The van der Waals surface area contributed by atoms with Gasteiger partial charge in [-0.05, 0) is 12.1 Å². The first-order valence-corrected chi connectivity index (χ1v) is 4.57. The smallest absolute Gasteiger partial charge is 0.251 e. The number of benzene rings is 1. The van der Waals surface area contributed by atoms with Crippen molar-refractivity contribution in [1.29, 1.82) is 0 Å². The van der Waals surface area contributed by atoms with Gasteiger partial charge in [-0.1, -0.05) is 6.07 Å². The zero-order valence-electron chi connectivity index (χ0n) is 8.65. The molecule has 0 radical (unpaired) electrons. The number of fused-ring (bicyclic) bond motifs is 1. The lowest BCUT2D eigenvalue weighted by Crippen LogP contribution is -2.10. The van der Waals surface area contributed by atoms with Crippen molar-refractivity contribution in [2.75, 3.05) is 7.11 Å². The number of hydrogen-bond donors (Lipinski definition) is 1. The lowest BCUT2D eigenvalue weighted by atomic mass is 10.1. The zero-order chi connectivity index (χ0) is 11.0. The zero-order valence-corrected chi connectivity index (χ0v) is 8.65. The Hall–Kier alpha value is -1.97. The molecule has 4 nitrogen and oxygen atoms in total. The van der Waals surface area contributed by atoms with E-state index >= 15 is 0 Å². The van der Waals surface area contributed by atoms with Crippen LogP contribution in [0.1, 0.15) is 10.4 Å². The van der Waals surface area contributed by atoms with Crippen LogP contribution in [0.25, 0.3) is 10.9 Å². The summed E-state index contributed by atoms with van der Waals surface area (Å²) in [7, 11) is 3.45. The Kier molecular flexibility index (Phi) is 2.11. The van der Waals surface area contributed by atoms with Gasteiger partial charge in [-0.3, -0.25) is 4.79 Å². The summed E-state index contributed by atoms with van der Waals surface area (Å²) in [5.74, 6) is 0.229. The largest absolute Gasteiger partial charge is 0.496 e. The predicted octanol–water partition coefficient (Wildman–Crippen LogP) is 1.29. The third kappa shape index (κ3) is 1.34. The van der Waals surface area contributed by atoms with Gasteiger partial charge in [0, 0.05) is 13.2 Å². The van der Waals surface area contributed by atoms with Gasteiger partial charge < -0.3 is 15.0 Å². The van der Waals surface area contributed by atoms with E-state index in [9.17, 15) is 4.79 Å². The Bertz CT molecular complexity index is 529. The minimum absolute atomic E-state index is 0.440. The van der Waals surface area contributed by atoms with Gasteiger partial charge in [0.2, 0.25) is 0 Å². The lowest BCUT2D eigenvalue weighted by molar-refractivity contribution is 0.100. The van der Waals surface area contributed by atoms with Crippen molar-refractivity contribution in [1.82, 2.24) is 4.57 Å². The average Bonchev–Trinajstić information content (AvgIpc) is 2.56. The molecular weight excluding hydrogens is 192 g/mol. The van der Waals surface area contributed by atoms with Crippen molar-refractivity contribution in [2.45, 2.75) is 0 Å². The highest BCUT2D eigenvalue weighted by Crippen LogP contribution is 2.29. The fraction of sp³-hybridized carbons (Fsp3) is 0.182. The molecule has 15 heavy (non-hydrogen) atoms. The van der Waals surface area contributed by atoms with Gasteiger partial charge >= 0.3 is 0 Å². The highest BCUT2D eigenvalue weighted by Gasteiger charge is 2.14. The number of aromatic nitrogens is 1. The van der Waals surface area contributed by atoms with Crippen molar-refractivity contribution in [3.8, 4) is 5.75 Å². The molecule has 0 spiro atoms. The Morgan fingerprint density at radius 3 is 2.80 bits per heavy atom. The molecule has 1 aromatic carbocycles. The number of hydrogen-bond acceptors (Lipinski definition) is 2. The second kappa shape index (κ2) is 3.31. The van der Waals surface area contributed by atoms with E-state index in [0.717, 1.165) is 10.9 Å². The summed E-state index contributed by atoms with van der Waals surface area (Å²) in [4.78, 5) is 11.2. The number of carbonyl (C=O) groups is 1. The van der Waals surface area contributed by atoms with Crippen LogP contribution in [-0.2, 0) is 7.05 Å². The summed E-state index contributed by atoms with van der Waals surface area (Å²) < 4.78 is 7.07. The first-order chi connectivity index (χ1) is 7.15. The SMILES string of the molecule is COc1cccc2c1c(C(N)=O)cn2C. The number of carbonyl (C=O) groups excluding carboxylic acids is 1. The van der Waals surface area contributed by atoms with Crippen LogP contribution >= 0.6 is 0 Å². The predicted molar refractivity (Wildman–Crippen MR) is 58.0 cm³/mol. The quantitative estimate of drug-likeness (QED) is 0.801. The van der Waals surface area contributed by atoms with Gasteiger partial charge in [0.15, 0.2) is 0 Å². The van der Waals surface area contributed by atoms with E-state index < -0.39 is 5.91 Å². The molecule has 0 saturated carbocycles. The first-order valence-electron chi connectivity index (χ1n) is 4.57. The van der Waals surface area contributed by atoms with E-state index in [2.05, 4.69) is 0 Å². The standard InChI is InChI=1S/C11H12N2O2/c1-13-6-7(11(12)14)10-8(13)4-3-5-9(10)15-2/h3-6H,1-2H3,(H2,12,14). The van der Waals surface area contributed by atoms with Crippen molar-refractivity contribution < 1.29 is 9.53 Å². The molecule has 4 heteroatoms. The number of aryl methyl sites for hydroxylation is 1. The molecule has 0 unspecified atom stereocenters. The molecule has 78 valence electrons. The van der Waals surface area contributed by atoms with E-state index in [4.69, 9.17) is 10.5 Å². The summed E-state index contributed by atoms with van der Waals surface area (Å²) in [6.45, 7) is 0. The maximum Gasteiger partial charge on any atom is 0.251 e. The molecule has 0 aliphatic rings. The van der Waals surface area contributed by atoms with Crippen molar-refractivity contribution >= 4 is 16.8 Å². The highest BCUT2D eigenvalue weighted by molar-refractivity contribution is 6.08. The van der Waals surface area contributed by atoms with Crippen LogP contribution in [0.4, 0.5) is 0 Å². The maximum absolute atomic E-state index is 11.2.